The highest BCUT2D eigenvalue weighted by Gasteiger charge is 2.27. The summed E-state index contributed by atoms with van der Waals surface area (Å²) in [6, 6.07) is 17.6. The van der Waals surface area contributed by atoms with Crippen LogP contribution >= 0.6 is 23.2 Å². The number of imidazole rings is 1. The van der Waals surface area contributed by atoms with Gasteiger partial charge in [-0.2, -0.15) is 0 Å². The second kappa shape index (κ2) is 11.5. The highest BCUT2D eigenvalue weighted by Crippen LogP contribution is 2.36. The van der Waals surface area contributed by atoms with Crippen molar-refractivity contribution in [2.24, 2.45) is 0 Å². The number of nitrogens with zero attached hydrogens (tertiary/aromatic N) is 4. The molecule has 0 radical (unpaired) electrons. The first-order chi connectivity index (χ1) is 19.1. The van der Waals surface area contributed by atoms with Gasteiger partial charge in [-0.1, -0.05) is 47.5 Å². The molecule has 0 atom stereocenters. The summed E-state index contributed by atoms with van der Waals surface area (Å²) >= 11 is 12.5. The maximum Gasteiger partial charge on any atom is 0.254 e. The van der Waals surface area contributed by atoms with Crippen molar-refractivity contribution >= 4 is 29.1 Å². The third-order valence-electron chi connectivity index (χ3n) is 7.91. The van der Waals surface area contributed by atoms with Gasteiger partial charge in [0.1, 0.15) is 5.82 Å². The van der Waals surface area contributed by atoms with Gasteiger partial charge in [0.25, 0.3) is 5.91 Å². The van der Waals surface area contributed by atoms with E-state index in [1.54, 1.807) is 12.4 Å². The van der Waals surface area contributed by atoms with Crippen LogP contribution in [0.2, 0.25) is 10.0 Å². The number of rotatable bonds is 8. The van der Waals surface area contributed by atoms with Crippen molar-refractivity contribution in [3.63, 3.8) is 0 Å². The van der Waals surface area contributed by atoms with Gasteiger partial charge in [-0.25, -0.2) is 4.98 Å². The highest BCUT2D eigenvalue weighted by atomic mass is 35.5. The number of hydrogen-bond acceptors (Lipinski definition) is 4. The third-order valence-corrected chi connectivity index (χ3v) is 8.65. The number of aromatic nitrogens is 3. The van der Waals surface area contributed by atoms with E-state index in [4.69, 9.17) is 28.2 Å². The fourth-order valence-corrected chi connectivity index (χ4v) is 6.03. The number of piperidine rings is 1. The van der Waals surface area contributed by atoms with E-state index in [0.717, 1.165) is 97.9 Å². The van der Waals surface area contributed by atoms with Gasteiger partial charge in [0.2, 0.25) is 0 Å². The molecule has 1 N–H and O–H groups in total. The van der Waals surface area contributed by atoms with E-state index in [-0.39, 0.29) is 5.91 Å². The number of fused-ring (bicyclic) bond motifs is 1. The maximum atomic E-state index is 12.6. The maximum absolute atomic E-state index is 12.6. The summed E-state index contributed by atoms with van der Waals surface area (Å²) in [5.74, 6) is 1.57. The molecule has 2 aromatic carbocycles. The molecule has 1 saturated heterocycles. The summed E-state index contributed by atoms with van der Waals surface area (Å²) in [5.41, 5.74) is 5.86. The summed E-state index contributed by atoms with van der Waals surface area (Å²) < 4.78 is 0. The predicted octanol–water partition coefficient (Wildman–Crippen LogP) is 7.06. The van der Waals surface area contributed by atoms with E-state index in [2.05, 4.69) is 20.9 Å². The van der Waals surface area contributed by atoms with Crippen LogP contribution in [0.1, 0.15) is 53.3 Å². The Hall–Kier alpha value is -3.19. The number of hydrogen-bond donors (Lipinski definition) is 1. The lowest BCUT2D eigenvalue weighted by Crippen LogP contribution is -2.34. The second-order valence-electron chi connectivity index (χ2n) is 10.4. The lowest BCUT2D eigenvalue weighted by atomic mass is 9.96. The van der Waals surface area contributed by atoms with Crippen LogP contribution in [0.3, 0.4) is 0 Å². The number of carbonyl (C=O) groups excluding carboxylic acids is 1. The molecule has 39 heavy (non-hydrogen) atoms. The normalized spacial score (nSPS) is 16.2. The number of pyridine rings is 1. The van der Waals surface area contributed by atoms with Crippen molar-refractivity contribution in [3.05, 3.63) is 94.0 Å². The lowest BCUT2D eigenvalue weighted by molar-refractivity contribution is 0.0773. The molecule has 200 valence electrons. The number of halogens is 2. The van der Waals surface area contributed by atoms with Gasteiger partial charge in [0, 0.05) is 48.1 Å². The minimum Gasteiger partial charge on any atom is -0.341 e. The molecular formula is C31H31Cl2N5O. The molecule has 8 heteroatoms. The first kappa shape index (κ1) is 26.1. The van der Waals surface area contributed by atoms with Crippen LogP contribution in [-0.4, -0.2) is 56.8 Å². The average molecular weight is 561 g/mol. The van der Waals surface area contributed by atoms with Crippen molar-refractivity contribution in [2.45, 2.75) is 38.1 Å². The SMILES string of the molecule is O=C1c2ccccc2CN1CCCCN1CCC(c2nc(-c3ccc(Cl)c(Cl)c3)c(-c3ccncc3)[nH]2)CC1. The van der Waals surface area contributed by atoms with Crippen LogP contribution in [0.5, 0.6) is 0 Å². The monoisotopic (exact) mass is 559 g/mol. The number of benzene rings is 2. The number of carbonyl (C=O) groups is 1. The Kier molecular flexibility index (Phi) is 7.69. The lowest BCUT2D eigenvalue weighted by Gasteiger charge is -2.31. The predicted molar refractivity (Wildman–Crippen MR) is 156 cm³/mol. The zero-order valence-electron chi connectivity index (χ0n) is 21.7. The quantitative estimate of drug-likeness (QED) is 0.234. The largest absolute Gasteiger partial charge is 0.341 e. The molecule has 4 aromatic rings. The van der Waals surface area contributed by atoms with E-state index >= 15 is 0 Å². The van der Waals surface area contributed by atoms with Gasteiger partial charge in [-0.15, -0.1) is 0 Å². The van der Waals surface area contributed by atoms with Gasteiger partial charge in [-0.05, 0) is 81.2 Å². The van der Waals surface area contributed by atoms with Gasteiger partial charge in [-0.3, -0.25) is 9.78 Å². The first-order valence-corrected chi connectivity index (χ1v) is 14.4. The Labute approximate surface area is 239 Å². The smallest absolute Gasteiger partial charge is 0.254 e. The average Bonchev–Trinajstić information content (AvgIpc) is 3.55. The molecule has 6 rings (SSSR count). The zero-order chi connectivity index (χ0) is 26.8. The minimum atomic E-state index is 0.177. The van der Waals surface area contributed by atoms with E-state index in [1.807, 2.05) is 53.4 Å². The number of likely N-dealkylation sites (tertiary alicyclic amines) is 1. The summed E-state index contributed by atoms with van der Waals surface area (Å²) in [6.45, 7) is 4.73. The van der Waals surface area contributed by atoms with Crippen LogP contribution in [0.4, 0.5) is 0 Å². The molecule has 0 saturated carbocycles. The molecule has 6 nitrogen and oxygen atoms in total. The molecule has 1 fully saturated rings. The van der Waals surface area contributed by atoms with Crippen LogP contribution < -0.4 is 0 Å². The van der Waals surface area contributed by atoms with Gasteiger partial charge in [0.05, 0.1) is 21.4 Å². The second-order valence-corrected chi connectivity index (χ2v) is 11.2. The van der Waals surface area contributed by atoms with E-state index in [0.29, 0.717) is 16.0 Å². The highest BCUT2D eigenvalue weighted by molar-refractivity contribution is 6.42. The van der Waals surface area contributed by atoms with Crippen LogP contribution in [0.25, 0.3) is 22.5 Å². The van der Waals surface area contributed by atoms with Crippen LogP contribution in [0, 0.1) is 0 Å². The van der Waals surface area contributed by atoms with Gasteiger partial charge < -0.3 is 14.8 Å². The van der Waals surface area contributed by atoms with Crippen molar-refractivity contribution in [3.8, 4) is 22.5 Å². The van der Waals surface area contributed by atoms with E-state index in [1.165, 1.54) is 0 Å². The van der Waals surface area contributed by atoms with Crippen molar-refractivity contribution in [1.29, 1.82) is 0 Å². The molecule has 0 unspecified atom stereocenters. The number of nitrogens with one attached hydrogen (secondary N) is 1. The number of H-pyrrole nitrogens is 1. The number of amides is 1. The third kappa shape index (κ3) is 5.60. The Morgan fingerprint density at radius 1 is 0.897 bits per heavy atom. The molecular weight excluding hydrogens is 529 g/mol. The molecule has 2 aliphatic rings. The summed E-state index contributed by atoms with van der Waals surface area (Å²) in [5, 5.41) is 1.05. The zero-order valence-corrected chi connectivity index (χ0v) is 23.3. The fourth-order valence-electron chi connectivity index (χ4n) is 5.73. The molecule has 0 aliphatic carbocycles. The number of aromatic amines is 1. The van der Waals surface area contributed by atoms with Crippen LogP contribution in [-0.2, 0) is 6.54 Å². The Morgan fingerprint density at radius 3 is 2.44 bits per heavy atom. The van der Waals surface area contributed by atoms with Crippen molar-refractivity contribution < 1.29 is 4.79 Å². The first-order valence-electron chi connectivity index (χ1n) is 13.6. The Bertz CT molecular complexity index is 1460. The minimum absolute atomic E-state index is 0.177. The van der Waals surface area contributed by atoms with Crippen molar-refractivity contribution in [1.82, 2.24) is 24.8 Å². The number of unbranched alkanes of at least 4 members (excludes halogenated alkanes) is 1. The topological polar surface area (TPSA) is 65.1 Å². The summed E-state index contributed by atoms with van der Waals surface area (Å²) in [7, 11) is 0. The Balaban J connectivity index is 1.06. The van der Waals surface area contributed by atoms with Crippen LogP contribution in [0.15, 0.2) is 67.0 Å². The van der Waals surface area contributed by atoms with Gasteiger partial charge >= 0.3 is 0 Å². The molecule has 0 bridgehead atoms. The molecule has 4 heterocycles. The molecule has 1 amide bonds. The fraction of sp³-hybridized carbons (Fsp3) is 0.323. The standard InChI is InChI=1S/C31H31Cl2N5O/c32-26-8-7-23(19-27(26)33)29-28(21-9-13-34-14-10-21)35-30(36-29)22-11-17-37(18-12-22)15-3-4-16-38-20-24-5-1-2-6-25(24)31(38)39/h1-2,5-10,13-14,19,22H,3-4,11-12,15-18,20H2,(H,35,36). The summed E-state index contributed by atoms with van der Waals surface area (Å²) in [6.07, 6.45) is 7.84. The van der Waals surface area contributed by atoms with Crippen molar-refractivity contribution in [2.75, 3.05) is 26.2 Å². The molecule has 0 spiro atoms. The van der Waals surface area contributed by atoms with Gasteiger partial charge in [0.15, 0.2) is 0 Å². The molecule has 2 aliphatic heterocycles. The summed E-state index contributed by atoms with van der Waals surface area (Å²) in [4.78, 5) is 30.0. The Morgan fingerprint density at radius 2 is 1.67 bits per heavy atom. The van der Waals surface area contributed by atoms with E-state index in [9.17, 15) is 4.79 Å². The van der Waals surface area contributed by atoms with E-state index < -0.39 is 0 Å². The molecule has 2 aromatic heterocycles.